The van der Waals surface area contributed by atoms with Crippen molar-refractivity contribution in [2.75, 3.05) is 0 Å². The number of phenols is 1. The van der Waals surface area contributed by atoms with E-state index in [-0.39, 0.29) is 10.8 Å². The molecule has 4 nitrogen and oxygen atoms in total. The number of ether oxygens (including phenoxy) is 1. The average molecular weight is 427 g/mol. The summed E-state index contributed by atoms with van der Waals surface area (Å²) in [7, 11) is 0. The van der Waals surface area contributed by atoms with E-state index in [0.29, 0.717) is 17.9 Å². The fourth-order valence-corrected chi connectivity index (χ4v) is 3.72. The van der Waals surface area contributed by atoms with E-state index in [2.05, 4.69) is 53.7 Å². The fraction of sp³-hybridized carbons (Fsp3) is 0.519. The Morgan fingerprint density at radius 1 is 0.871 bits per heavy atom. The van der Waals surface area contributed by atoms with Gasteiger partial charge in [0.25, 0.3) is 0 Å². The van der Waals surface area contributed by atoms with Gasteiger partial charge >= 0.3 is 5.97 Å². The minimum absolute atomic E-state index is 0.161. The number of aryl methyl sites for hydroxylation is 1. The van der Waals surface area contributed by atoms with Crippen LogP contribution in [-0.4, -0.2) is 21.8 Å². The fourth-order valence-electron chi connectivity index (χ4n) is 3.72. The summed E-state index contributed by atoms with van der Waals surface area (Å²) in [6.07, 6.45) is 2.83. The van der Waals surface area contributed by atoms with Gasteiger partial charge in [0.2, 0.25) is 5.60 Å². The van der Waals surface area contributed by atoms with Crippen LogP contribution in [0.25, 0.3) is 0 Å². The number of carbonyl (C=O) groups is 1. The zero-order chi connectivity index (χ0) is 23.4. The predicted molar refractivity (Wildman–Crippen MR) is 126 cm³/mol. The van der Waals surface area contributed by atoms with Crippen LogP contribution in [0.1, 0.15) is 84.4 Å². The highest BCUT2D eigenvalue weighted by Gasteiger charge is 2.35. The van der Waals surface area contributed by atoms with E-state index < -0.39 is 11.6 Å². The molecule has 0 saturated heterocycles. The Morgan fingerprint density at radius 2 is 1.39 bits per heavy atom. The first-order valence-corrected chi connectivity index (χ1v) is 11.1. The van der Waals surface area contributed by atoms with Crippen LogP contribution in [0.15, 0.2) is 42.5 Å². The summed E-state index contributed by atoms with van der Waals surface area (Å²) >= 11 is 0. The van der Waals surface area contributed by atoms with Gasteiger partial charge in [-0.15, -0.1) is 0 Å². The second-order valence-corrected chi connectivity index (χ2v) is 10.7. The van der Waals surface area contributed by atoms with Gasteiger partial charge in [0.1, 0.15) is 11.5 Å². The maximum Gasteiger partial charge on any atom is 0.347 e. The third kappa shape index (κ3) is 6.49. The second-order valence-electron chi connectivity index (χ2n) is 10.7. The summed E-state index contributed by atoms with van der Waals surface area (Å²) < 4.78 is 5.83. The SMILES string of the molecule is CC(CCCCc1cc(C(C)(C)C)c(O)c(C(C)(C)C)c1)(Oc1ccccc1)C(=O)O. The van der Waals surface area contributed by atoms with Gasteiger partial charge in [-0.25, -0.2) is 4.79 Å². The van der Waals surface area contributed by atoms with Crippen LogP contribution < -0.4 is 4.74 Å². The third-order valence-corrected chi connectivity index (χ3v) is 5.69. The minimum Gasteiger partial charge on any atom is -0.507 e. The lowest BCUT2D eigenvalue weighted by atomic mass is 9.78. The van der Waals surface area contributed by atoms with Crippen LogP contribution in [0.5, 0.6) is 11.5 Å². The highest BCUT2D eigenvalue weighted by molar-refractivity contribution is 5.77. The number of rotatable bonds is 8. The maximum absolute atomic E-state index is 11.9. The van der Waals surface area contributed by atoms with E-state index in [1.54, 1.807) is 19.1 Å². The number of carboxylic acid groups (broad SMARTS) is 1. The van der Waals surface area contributed by atoms with E-state index in [1.807, 2.05) is 18.2 Å². The molecule has 0 bridgehead atoms. The van der Waals surface area contributed by atoms with Gasteiger partial charge in [-0.1, -0.05) is 71.9 Å². The van der Waals surface area contributed by atoms with Crippen LogP contribution >= 0.6 is 0 Å². The number of hydrogen-bond acceptors (Lipinski definition) is 3. The van der Waals surface area contributed by atoms with Crippen molar-refractivity contribution in [3.05, 3.63) is 59.2 Å². The molecule has 0 aromatic heterocycles. The van der Waals surface area contributed by atoms with Crippen LogP contribution in [0.3, 0.4) is 0 Å². The van der Waals surface area contributed by atoms with Crippen LogP contribution in [0, 0.1) is 0 Å². The first-order valence-electron chi connectivity index (χ1n) is 11.1. The van der Waals surface area contributed by atoms with Crippen molar-refractivity contribution in [3.8, 4) is 11.5 Å². The summed E-state index contributed by atoms with van der Waals surface area (Å²) in [5.41, 5.74) is 1.50. The molecule has 0 aliphatic heterocycles. The third-order valence-electron chi connectivity index (χ3n) is 5.69. The summed E-state index contributed by atoms with van der Waals surface area (Å²) in [5, 5.41) is 20.6. The Bertz CT molecular complexity index is 853. The van der Waals surface area contributed by atoms with Crippen molar-refractivity contribution in [2.24, 2.45) is 0 Å². The minimum atomic E-state index is -1.26. The molecule has 0 fully saturated rings. The molecule has 0 amide bonds. The summed E-state index contributed by atoms with van der Waals surface area (Å²) in [6, 6.07) is 13.3. The molecule has 1 atom stereocenters. The van der Waals surface area contributed by atoms with Crippen molar-refractivity contribution in [2.45, 2.75) is 90.6 Å². The van der Waals surface area contributed by atoms with E-state index in [4.69, 9.17) is 4.74 Å². The number of unbranched alkanes of at least 4 members (excludes halogenated alkanes) is 1. The van der Waals surface area contributed by atoms with Gasteiger partial charge in [-0.2, -0.15) is 0 Å². The second kappa shape index (κ2) is 9.33. The molecule has 2 aromatic carbocycles. The number of para-hydroxylation sites is 1. The first-order chi connectivity index (χ1) is 14.2. The molecule has 2 N–H and O–H groups in total. The standard InChI is InChI=1S/C27H38O4/c1-25(2,3)21-17-19(18-22(23(21)28)26(4,5)6)13-11-12-16-27(7,24(29)30)31-20-14-9-8-10-15-20/h8-10,14-15,17-18,28H,11-13,16H2,1-7H3,(H,29,30). The van der Waals surface area contributed by atoms with Crippen molar-refractivity contribution >= 4 is 5.97 Å². The Labute approximate surface area is 187 Å². The topological polar surface area (TPSA) is 66.8 Å². The van der Waals surface area contributed by atoms with Crippen molar-refractivity contribution in [1.29, 1.82) is 0 Å². The van der Waals surface area contributed by atoms with Crippen molar-refractivity contribution in [1.82, 2.24) is 0 Å². The molecule has 0 aliphatic carbocycles. The number of benzene rings is 2. The Hall–Kier alpha value is -2.49. The summed E-state index contributed by atoms with van der Waals surface area (Å²) in [4.78, 5) is 11.9. The molecule has 0 saturated carbocycles. The van der Waals surface area contributed by atoms with E-state index in [0.717, 1.165) is 30.4 Å². The average Bonchev–Trinajstić information content (AvgIpc) is 2.65. The predicted octanol–water partition coefficient (Wildman–Crippen LogP) is 6.62. The molecule has 2 aromatic rings. The quantitative estimate of drug-likeness (QED) is 0.465. The largest absolute Gasteiger partial charge is 0.507 e. The monoisotopic (exact) mass is 426 g/mol. The van der Waals surface area contributed by atoms with E-state index in [9.17, 15) is 15.0 Å². The van der Waals surface area contributed by atoms with Crippen LogP contribution in [-0.2, 0) is 22.0 Å². The molecular formula is C27H38O4. The number of phenolic OH excluding ortho intramolecular Hbond substituents is 1. The Balaban J connectivity index is 2.13. The van der Waals surface area contributed by atoms with Gasteiger partial charge < -0.3 is 14.9 Å². The highest BCUT2D eigenvalue weighted by Crippen LogP contribution is 2.40. The van der Waals surface area contributed by atoms with Crippen LogP contribution in [0.2, 0.25) is 0 Å². The van der Waals surface area contributed by atoms with Gasteiger partial charge in [-0.05, 0) is 72.3 Å². The van der Waals surface area contributed by atoms with Crippen molar-refractivity contribution < 1.29 is 19.7 Å². The molecule has 4 heteroatoms. The summed E-state index contributed by atoms with van der Waals surface area (Å²) in [5.74, 6) is 0.0000557. The molecule has 0 radical (unpaired) electrons. The molecular weight excluding hydrogens is 388 g/mol. The molecule has 170 valence electrons. The number of aliphatic carboxylic acids is 1. The van der Waals surface area contributed by atoms with Gasteiger partial charge in [0.05, 0.1) is 0 Å². The Morgan fingerprint density at radius 3 is 1.84 bits per heavy atom. The highest BCUT2D eigenvalue weighted by atomic mass is 16.5. The zero-order valence-electron chi connectivity index (χ0n) is 20.1. The van der Waals surface area contributed by atoms with E-state index >= 15 is 0 Å². The lowest BCUT2D eigenvalue weighted by Gasteiger charge is -2.28. The van der Waals surface area contributed by atoms with Gasteiger partial charge in [0, 0.05) is 0 Å². The summed E-state index contributed by atoms with van der Waals surface area (Å²) in [6.45, 7) is 14.3. The molecule has 31 heavy (non-hydrogen) atoms. The van der Waals surface area contributed by atoms with Crippen molar-refractivity contribution in [3.63, 3.8) is 0 Å². The maximum atomic E-state index is 11.9. The Kier molecular flexibility index (Phi) is 7.46. The number of aromatic hydroxyl groups is 1. The van der Waals surface area contributed by atoms with E-state index in [1.165, 1.54) is 5.56 Å². The normalized spacial score (nSPS) is 14.2. The molecule has 0 spiro atoms. The van der Waals surface area contributed by atoms with Crippen LogP contribution in [0.4, 0.5) is 0 Å². The molecule has 2 rings (SSSR count). The lowest BCUT2D eigenvalue weighted by molar-refractivity contribution is -0.154. The lowest BCUT2D eigenvalue weighted by Crippen LogP contribution is -2.41. The molecule has 1 unspecified atom stereocenters. The smallest absolute Gasteiger partial charge is 0.347 e. The zero-order valence-corrected chi connectivity index (χ0v) is 20.1. The first kappa shape index (κ1) is 24.8. The van der Waals surface area contributed by atoms with Gasteiger partial charge in [-0.3, -0.25) is 0 Å². The van der Waals surface area contributed by atoms with Gasteiger partial charge in [0.15, 0.2) is 0 Å². The molecule has 0 aliphatic rings. The molecule has 0 heterocycles. The number of hydrogen-bond donors (Lipinski definition) is 2. The number of carboxylic acids is 1.